The van der Waals surface area contributed by atoms with Crippen molar-refractivity contribution in [3.8, 4) is 0 Å². The molecule has 0 fully saturated rings. The van der Waals surface area contributed by atoms with Crippen molar-refractivity contribution in [3.05, 3.63) is 51.2 Å². The first-order chi connectivity index (χ1) is 15.8. The molecule has 33 heavy (non-hydrogen) atoms. The largest absolute Gasteiger partial charge is 0.459 e. The zero-order chi connectivity index (χ0) is 23.5. The molecule has 8 nitrogen and oxygen atoms in total. The number of esters is 1. The number of carbonyl (C=O) groups excluding carboxylic acids is 3. The lowest BCUT2D eigenvalue weighted by Crippen LogP contribution is -2.19. The van der Waals surface area contributed by atoms with Crippen molar-refractivity contribution in [2.24, 2.45) is 5.92 Å². The lowest BCUT2D eigenvalue weighted by atomic mass is 9.88. The summed E-state index contributed by atoms with van der Waals surface area (Å²) in [6.45, 7) is 5.81. The van der Waals surface area contributed by atoms with E-state index in [-0.39, 0.29) is 24.2 Å². The number of ether oxygens (including phenoxy) is 1. The first kappa shape index (κ1) is 23.2. The van der Waals surface area contributed by atoms with Crippen molar-refractivity contribution in [1.82, 2.24) is 4.98 Å². The third-order valence-electron chi connectivity index (χ3n) is 5.17. The van der Waals surface area contributed by atoms with Gasteiger partial charge in [-0.3, -0.25) is 14.9 Å². The van der Waals surface area contributed by atoms with Gasteiger partial charge in [0, 0.05) is 10.3 Å². The summed E-state index contributed by atoms with van der Waals surface area (Å²) in [5, 5.41) is 8.17. The molecule has 0 saturated heterocycles. The Bertz CT molecular complexity index is 1160. The first-order valence-corrected chi connectivity index (χ1v) is 12.4. The number of thiazole rings is 1. The van der Waals surface area contributed by atoms with Gasteiger partial charge in [0.25, 0.3) is 5.91 Å². The van der Waals surface area contributed by atoms with Crippen molar-refractivity contribution in [1.29, 1.82) is 0 Å². The van der Waals surface area contributed by atoms with Gasteiger partial charge in [0.05, 0.1) is 30.0 Å². The number of aromatic nitrogens is 1. The first-order valence-electron chi connectivity index (χ1n) is 10.7. The predicted molar refractivity (Wildman–Crippen MR) is 127 cm³/mol. The molecule has 0 aromatic carbocycles. The maximum absolute atomic E-state index is 12.8. The van der Waals surface area contributed by atoms with Gasteiger partial charge in [0.15, 0.2) is 10.9 Å². The van der Waals surface area contributed by atoms with Crippen LogP contribution < -0.4 is 10.6 Å². The van der Waals surface area contributed by atoms with Crippen molar-refractivity contribution >= 4 is 50.6 Å². The van der Waals surface area contributed by atoms with E-state index in [1.54, 1.807) is 17.5 Å². The Balaban J connectivity index is 1.46. The molecule has 1 unspecified atom stereocenters. The Labute approximate surface area is 199 Å². The number of hydrogen-bond donors (Lipinski definition) is 2. The van der Waals surface area contributed by atoms with Crippen LogP contribution in [0.3, 0.4) is 0 Å². The summed E-state index contributed by atoms with van der Waals surface area (Å²) < 4.78 is 10.5. The quantitative estimate of drug-likeness (QED) is 0.458. The molecule has 1 aliphatic rings. The highest BCUT2D eigenvalue weighted by molar-refractivity contribution is 7.17. The standard InChI is InChI=1S/C23H25N3O5S2/c1-12(2)31-22(29)19-15-7-6-13(3)9-17(15)33-21(19)25-18(27)10-14-11-32-23(24-14)26-20(28)16-5-4-8-30-16/h4-5,8,11-13H,6-7,9-10H2,1-3H3,(H,25,27)(H,24,26,28). The molecule has 0 aliphatic heterocycles. The number of amides is 2. The highest BCUT2D eigenvalue weighted by Crippen LogP contribution is 2.40. The van der Waals surface area contributed by atoms with Crippen LogP contribution >= 0.6 is 22.7 Å². The lowest BCUT2D eigenvalue weighted by Gasteiger charge is -2.18. The van der Waals surface area contributed by atoms with Crippen LogP contribution in [-0.2, 0) is 28.8 Å². The third-order valence-corrected chi connectivity index (χ3v) is 7.15. The highest BCUT2D eigenvalue weighted by atomic mass is 32.1. The van der Waals surface area contributed by atoms with Crippen LogP contribution in [-0.4, -0.2) is 28.9 Å². The molecule has 2 amide bonds. The average Bonchev–Trinajstić information content (AvgIpc) is 3.47. The fourth-order valence-corrected chi connectivity index (χ4v) is 5.80. The fourth-order valence-electron chi connectivity index (χ4n) is 3.68. The summed E-state index contributed by atoms with van der Waals surface area (Å²) in [6, 6.07) is 3.18. The van der Waals surface area contributed by atoms with Crippen molar-refractivity contribution in [2.75, 3.05) is 10.6 Å². The van der Waals surface area contributed by atoms with Crippen LogP contribution in [0.2, 0.25) is 0 Å². The summed E-state index contributed by atoms with van der Waals surface area (Å²) in [5.74, 6) is -0.366. The Morgan fingerprint density at radius 2 is 2.12 bits per heavy atom. The van der Waals surface area contributed by atoms with E-state index in [2.05, 4.69) is 22.5 Å². The van der Waals surface area contributed by atoms with E-state index in [4.69, 9.17) is 9.15 Å². The van der Waals surface area contributed by atoms with Crippen molar-refractivity contribution in [2.45, 2.75) is 52.6 Å². The molecule has 4 rings (SSSR count). The number of nitrogens with one attached hydrogen (secondary N) is 2. The van der Waals surface area contributed by atoms with Crippen LogP contribution in [0.15, 0.2) is 28.2 Å². The topological polar surface area (TPSA) is 111 Å². The monoisotopic (exact) mass is 487 g/mol. The zero-order valence-corrected chi connectivity index (χ0v) is 20.2. The molecule has 3 aromatic rings. The normalized spacial score (nSPS) is 15.2. The number of nitrogens with zero attached hydrogens (tertiary/aromatic N) is 1. The summed E-state index contributed by atoms with van der Waals surface area (Å²) in [6.07, 6.45) is 3.89. The Morgan fingerprint density at radius 3 is 2.85 bits per heavy atom. The van der Waals surface area contributed by atoms with Gasteiger partial charge in [-0.2, -0.15) is 0 Å². The van der Waals surface area contributed by atoms with Gasteiger partial charge in [-0.1, -0.05) is 6.92 Å². The molecule has 10 heteroatoms. The van der Waals surface area contributed by atoms with Crippen molar-refractivity contribution < 1.29 is 23.5 Å². The summed E-state index contributed by atoms with van der Waals surface area (Å²) in [7, 11) is 0. The summed E-state index contributed by atoms with van der Waals surface area (Å²) >= 11 is 2.68. The molecular formula is C23H25N3O5S2. The molecule has 0 spiro atoms. The smallest absolute Gasteiger partial charge is 0.341 e. The molecule has 3 aromatic heterocycles. The average molecular weight is 488 g/mol. The molecule has 2 N–H and O–H groups in total. The number of rotatable bonds is 7. The molecule has 3 heterocycles. The van der Waals surface area contributed by atoms with Crippen LogP contribution in [0.5, 0.6) is 0 Å². The molecule has 0 saturated carbocycles. The lowest BCUT2D eigenvalue weighted by molar-refractivity contribution is -0.115. The van der Waals surface area contributed by atoms with Gasteiger partial charge in [0.2, 0.25) is 5.91 Å². The molecule has 1 aliphatic carbocycles. The van der Waals surface area contributed by atoms with Crippen LogP contribution in [0.4, 0.5) is 10.1 Å². The van der Waals surface area contributed by atoms with Crippen LogP contribution in [0.1, 0.15) is 64.2 Å². The second kappa shape index (κ2) is 9.88. The maximum Gasteiger partial charge on any atom is 0.341 e. The van der Waals surface area contributed by atoms with Gasteiger partial charge in [-0.05, 0) is 56.7 Å². The van der Waals surface area contributed by atoms with Gasteiger partial charge < -0.3 is 14.5 Å². The number of hydrogen-bond acceptors (Lipinski definition) is 8. The Morgan fingerprint density at radius 1 is 1.30 bits per heavy atom. The van der Waals surface area contributed by atoms with E-state index in [1.807, 2.05) is 13.8 Å². The van der Waals surface area contributed by atoms with E-state index >= 15 is 0 Å². The number of fused-ring (bicyclic) bond motifs is 1. The van der Waals surface area contributed by atoms with Gasteiger partial charge in [0.1, 0.15) is 5.00 Å². The van der Waals surface area contributed by atoms with Crippen molar-refractivity contribution in [3.63, 3.8) is 0 Å². The second-order valence-electron chi connectivity index (χ2n) is 8.31. The Kier molecular flexibility index (Phi) is 6.94. The zero-order valence-electron chi connectivity index (χ0n) is 18.6. The Hall–Kier alpha value is -2.98. The van der Waals surface area contributed by atoms with E-state index in [0.717, 1.165) is 29.7 Å². The highest BCUT2D eigenvalue weighted by Gasteiger charge is 2.29. The minimum atomic E-state index is -0.406. The second-order valence-corrected chi connectivity index (χ2v) is 10.3. The number of thiophene rings is 1. The number of furan rings is 1. The van der Waals surface area contributed by atoms with Gasteiger partial charge in [-0.15, -0.1) is 22.7 Å². The molecule has 0 bridgehead atoms. The molecule has 1 atom stereocenters. The van der Waals surface area contributed by atoms with E-state index < -0.39 is 11.9 Å². The summed E-state index contributed by atoms with van der Waals surface area (Å²) in [4.78, 5) is 43.1. The number of carbonyl (C=O) groups is 3. The van der Waals surface area contributed by atoms with Gasteiger partial charge >= 0.3 is 5.97 Å². The van der Waals surface area contributed by atoms with Crippen LogP contribution in [0, 0.1) is 5.92 Å². The van der Waals surface area contributed by atoms with E-state index in [0.29, 0.717) is 27.3 Å². The molecule has 174 valence electrons. The molecular weight excluding hydrogens is 462 g/mol. The molecule has 0 radical (unpaired) electrons. The summed E-state index contributed by atoms with van der Waals surface area (Å²) in [5.41, 5.74) is 2.00. The third kappa shape index (κ3) is 5.51. The van der Waals surface area contributed by atoms with E-state index in [9.17, 15) is 14.4 Å². The SMILES string of the molecule is CC1CCc2c(sc(NC(=O)Cc3csc(NC(=O)c4ccco4)n3)c2C(=O)OC(C)C)C1. The maximum atomic E-state index is 12.8. The number of anilines is 2. The van der Waals surface area contributed by atoms with E-state index in [1.165, 1.54) is 28.9 Å². The minimum Gasteiger partial charge on any atom is -0.459 e. The minimum absolute atomic E-state index is 0.0186. The predicted octanol–water partition coefficient (Wildman–Crippen LogP) is 4.92. The fraction of sp³-hybridized carbons (Fsp3) is 0.391. The van der Waals surface area contributed by atoms with Crippen LogP contribution in [0.25, 0.3) is 0 Å². The van der Waals surface area contributed by atoms with Gasteiger partial charge in [-0.25, -0.2) is 9.78 Å².